The molecule has 0 spiro atoms. The first kappa shape index (κ1) is 16.8. The minimum absolute atomic E-state index is 0.0285. The number of hydrogen-bond donors (Lipinski definition) is 2. The van der Waals surface area contributed by atoms with Crippen LogP contribution in [0.1, 0.15) is 32.3 Å². The molecule has 1 amide bonds. The minimum atomic E-state index is -0.473. The van der Waals surface area contributed by atoms with Crippen molar-refractivity contribution in [3.63, 3.8) is 0 Å². The molecule has 1 fully saturated rings. The number of nitrogens with one attached hydrogen (secondary N) is 1. The van der Waals surface area contributed by atoms with Gasteiger partial charge in [0.1, 0.15) is 5.75 Å². The Morgan fingerprint density at radius 2 is 1.95 bits per heavy atom. The zero-order valence-electron chi connectivity index (χ0n) is 13.4. The number of nitrogens with two attached hydrogens (primary N) is 1. The minimum Gasteiger partial charge on any atom is -0.491 e. The Hall–Kier alpha value is -1.59. The SMILES string of the molecule is CC(C)Oc1ccc(CNC(=O)C2(CN)CCOCC2)cc1. The summed E-state index contributed by atoms with van der Waals surface area (Å²) in [6.45, 7) is 6.06. The van der Waals surface area contributed by atoms with Crippen LogP contribution in [0.15, 0.2) is 24.3 Å². The van der Waals surface area contributed by atoms with Crippen molar-refractivity contribution in [3.05, 3.63) is 29.8 Å². The van der Waals surface area contributed by atoms with E-state index in [-0.39, 0.29) is 12.0 Å². The maximum Gasteiger partial charge on any atom is 0.227 e. The third kappa shape index (κ3) is 4.21. The molecule has 1 heterocycles. The zero-order chi connectivity index (χ0) is 16.0. The molecule has 0 bridgehead atoms. The van der Waals surface area contributed by atoms with Crippen molar-refractivity contribution < 1.29 is 14.3 Å². The average molecular weight is 306 g/mol. The molecule has 1 saturated heterocycles. The van der Waals surface area contributed by atoms with Crippen LogP contribution >= 0.6 is 0 Å². The summed E-state index contributed by atoms with van der Waals surface area (Å²) < 4.78 is 10.9. The lowest BCUT2D eigenvalue weighted by Crippen LogP contribution is -2.48. The van der Waals surface area contributed by atoms with Crippen LogP contribution < -0.4 is 15.8 Å². The van der Waals surface area contributed by atoms with Crippen molar-refractivity contribution in [2.75, 3.05) is 19.8 Å². The van der Waals surface area contributed by atoms with E-state index < -0.39 is 5.41 Å². The quantitative estimate of drug-likeness (QED) is 0.841. The van der Waals surface area contributed by atoms with Gasteiger partial charge >= 0.3 is 0 Å². The van der Waals surface area contributed by atoms with Gasteiger partial charge in [0.05, 0.1) is 11.5 Å². The number of amides is 1. The highest BCUT2D eigenvalue weighted by Gasteiger charge is 2.38. The number of hydrogen-bond acceptors (Lipinski definition) is 4. The summed E-state index contributed by atoms with van der Waals surface area (Å²) in [7, 11) is 0. The molecular weight excluding hydrogens is 280 g/mol. The first-order valence-electron chi connectivity index (χ1n) is 7.87. The summed E-state index contributed by atoms with van der Waals surface area (Å²) >= 11 is 0. The molecule has 1 aliphatic heterocycles. The second kappa shape index (κ2) is 7.61. The summed E-state index contributed by atoms with van der Waals surface area (Å²) in [5.74, 6) is 0.869. The van der Waals surface area contributed by atoms with E-state index in [1.165, 1.54) is 0 Å². The van der Waals surface area contributed by atoms with E-state index in [0.717, 1.165) is 11.3 Å². The Labute approximate surface area is 132 Å². The number of benzene rings is 1. The lowest BCUT2D eigenvalue weighted by atomic mass is 9.79. The fourth-order valence-corrected chi connectivity index (χ4v) is 2.61. The molecular formula is C17H26N2O3. The highest BCUT2D eigenvalue weighted by molar-refractivity contribution is 5.83. The van der Waals surface area contributed by atoms with Crippen molar-refractivity contribution in [3.8, 4) is 5.75 Å². The maximum atomic E-state index is 12.5. The van der Waals surface area contributed by atoms with Gasteiger partial charge in [-0.3, -0.25) is 4.79 Å². The topological polar surface area (TPSA) is 73.6 Å². The fourth-order valence-electron chi connectivity index (χ4n) is 2.61. The van der Waals surface area contributed by atoms with Gasteiger partial charge in [0.25, 0.3) is 0 Å². The Bertz CT molecular complexity index is 479. The molecule has 0 aromatic heterocycles. The Balaban J connectivity index is 1.90. The van der Waals surface area contributed by atoms with Crippen molar-refractivity contribution in [2.45, 2.75) is 39.3 Å². The monoisotopic (exact) mass is 306 g/mol. The molecule has 3 N–H and O–H groups in total. The van der Waals surface area contributed by atoms with Gasteiger partial charge in [-0.2, -0.15) is 0 Å². The van der Waals surface area contributed by atoms with Crippen molar-refractivity contribution in [1.82, 2.24) is 5.32 Å². The largest absolute Gasteiger partial charge is 0.491 e. The van der Waals surface area contributed by atoms with Gasteiger partial charge in [-0.1, -0.05) is 12.1 Å². The molecule has 5 heteroatoms. The van der Waals surface area contributed by atoms with Crippen LogP contribution in [0, 0.1) is 5.41 Å². The lowest BCUT2D eigenvalue weighted by Gasteiger charge is -2.34. The summed E-state index contributed by atoms with van der Waals surface area (Å²) in [4.78, 5) is 12.5. The molecule has 0 radical (unpaired) electrons. The first-order valence-corrected chi connectivity index (χ1v) is 7.87. The third-order valence-electron chi connectivity index (χ3n) is 4.07. The summed E-state index contributed by atoms with van der Waals surface area (Å²) in [6, 6.07) is 7.79. The van der Waals surface area contributed by atoms with Crippen LogP contribution in [-0.4, -0.2) is 31.8 Å². The first-order chi connectivity index (χ1) is 10.6. The molecule has 1 aliphatic rings. The van der Waals surface area contributed by atoms with E-state index >= 15 is 0 Å². The zero-order valence-corrected chi connectivity index (χ0v) is 13.4. The highest BCUT2D eigenvalue weighted by atomic mass is 16.5. The predicted molar refractivity (Wildman–Crippen MR) is 85.6 cm³/mol. The molecule has 22 heavy (non-hydrogen) atoms. The molecule has 5 nitrogen and oxygen atoms in total. The van der Waals surface area contributed by atoms with Gasteiger partial charge in [-0.15, -0.1) is 0 Å². The fraction of sp³-hybridized carbons (Fsp3) is 0.588. The van der Waals surface area contributed by atoms with Crippen molar-refractivity contribution in [1.29, 1.82) is 0 Å². The van der Waals surface area contributed by atoms with Gasteiger partial charge in [0.2, 0.25) is 5.91 Å². The number of ether oxygens (including phenoxy) is 2. The number of carbonyl (C=O) groups excluding carboxylic acids is 1. The van der Waals surface area contributed by atoms with E-state index in [1.807, 2.05) is 38.1 Å². The van der Waals surface area contributed by atoms with Crippen LogP contribution in [0.4, 0.5) is 0 Å². The van der Waals surface area contributed by atoms with Gasteiger partial charge in [-0.25, -0.2) is 0 Å². The Morgan fingerprint density at radius 1 is 1.32 bits per heavy atom. The second-order valence-electron chi connectivity index (χ2n) is 6.09. The van der Waals surface area contributed by atoms with Crippen LogP contribution in [0.2, 0.25) is 0 Å². The van der Waals surface area contributed by atoms with Gasteiger partial charge in [0, 0.05) is 26.3 Å². The predicted octanol–water partition coefficient (Wildman–Crippen LogP) is 1.85. The second-order valence-corrected chi connectivity index (χ2v) is 6.09. The van der Waals surface area contributed by atoms with E-state index in [4.69, 9.17) is 15.2 Å². The number of rotatable bonds is 6. The molecule has 0 saturated carbocycles. The van der Waals surface area contributed by atoms with E-state index in [0.29, 0.717) is 39.1 Å². The molecule has 2 rings (SSSR count). The summed E-state index contributed by atoms with van der Waals surface area (Å²) in [5, 5.41) is 3.01. The van der Waals surface area contributed by atoms with Gasteiger partial charge in [-0.05, 0) is 44.4 Å². The Morgan fingerprint density at radius 3 is 2.50 bits per heavy atom. The standard InChI is InChI=1S/C17H26N2O3/c1-13(2)22-15-5-3-14(4-6-15)11-19-16(20)17(12-18)7-9-21-10-8-17/h3-6,13H,7-12,18H2,1-2H3,(H,19,20). The third-order valence-corrected chi connectivity index (χ3v) is 4.07. The van der Waals surface area contributed by atoms with Crippen LogP contribution in [0.5, 0.6) is 5.75 Å². The summed E-state index contributed by atoms with van der Waals surface area (Å²) in [5.41, 5.74) is 6.41. The van der Waals surface area contributed by atoms with Crippen LogP contribution in [0.25, 0.3) is 0 Å². The molecule has 1 aromatic carbocycles. The maximum absolute atomic E-state index is 12.5. The summed E-state index contributed by atoms with van der Waals surface area (Å²) in [6.07, 6.45) is 1.54. The van der Waals surface area contributed by atoms with Crippen LogP contribution in [0.3, 0.4) is 0 Å². The normalized spacial score (nSPS) is 17.3. The van der Waals surface area contributed by atoms with Gasteiger partial charge < -0.3 is 20.5 Å². The van der Waals surface area contributed by atoms with Crippen molar-refractivity contribution in [2.24, 2.45) is 11.1 Å². The lowest BCUT2D eigenvalue weighted by molar-refractivity contribution is -0.136. The molecule has 1 aromatic rings. The molecule has 0 aliphatic carbocycles. The highest BCUT2D eigenvalue weighted by Crippen LogP contribution is 2.29. The van der Waals surface area contributed by atoms with Crippen molar-refractivity contribution >= 4 is 5.91 Å². The Kier molecular flexibility index (Phi) is 5.80. The van der Waals surface area contributed by atoms with E-state index in [1.54, 1.807) is 0 Å². The van der Waals surface area contributed by atoms with E-state index in [2.05, 4.69) is 5.32 Å². The smallest absolute Gasteiger partial charge is 0.227 e. The average Bonchev–Trinajstić information content (AvgIpc) is 2.54. The van der Waals surface area contributed by atoms with Crippen LogP contribution in [-0.2, 0) is 16.1 Å². The molecule has 0 atom stereocenters. The number of carbonyl (C=O) groups is 1. The molecule has 122 valence electrons. The van der Waals surface area contributed by atoms with Gasteiger partial charge in [0.15, 0.2) is 0 Å². The molecule has 0 unspecified atom stereocenters. The van der Waals surface area contributed by atoms with E-state index in [9.17, 15) is 4.79 Å².